The fourth-order valence-electron chi connectivity index (χ4n) is 2.84. The maximum atomic E-state index is 9.87. The van der Waals surface area contributed by atoms with Gasteiger partial charge >= 0.3 is 0 Å². The highest BCUT2D eigenvalue weighted by molar-refractivity contribution is 5.93. The third-order valence-corrected chi connectivity index (χ3v) is 4.11. The minimum Gasteiger partial charge on any atom is -0.497 e. The lowest BCUT2D eigenvalue weighted by atomic mass is 9.96. The fraction of sp³-hybridized carbons (Fsp3) is 0.438. The second kappa shape index (κ2) is 5.29. The van der Waals surface area contributed by atoms with Gasteiger partial charge in [0.1, 0.15) is 11.6 Å². The predicted octanol–water partition coefficient (Wildman–Crippen LogP) is 2.45. The van der Waals surface area contributed by atoms with Crippen LogP contribution in [0.5, 0.6) is 5.75 Å². The second-order valence-corrected chi connectivity index (χ2v) is 5.50. The molecule has 20 heavy (non-hydrogen) atoms. The van der Waals surface area contributed by atoms with Crippen molar-refractivity contribution in [3.63, 3.8) is 0 Å². The average Bonchev–Trinajstić information content (AvgIpc) is 2.49. The highest BCUT2D eigenvalue weighted by Crippen LogP contribution is 2.30. The Morgan fingerprint density at radius 3 is 2.95 bits per heavy atom. The lowest BCUT2D eigenvalue weighted by molar-refractivity contribution is 0.0969. The number of methoxy groups -OCH3 is 1. The maximum absolute atomic E-state index is 9.87. The molecule has 0 bridgehead atoms. The van der Waals surface area contributed by atoms with Crippen molar-refractivity contribution in [2.24, 2.45) is 5.92 Å². The van der Waals surface area contributed by atoms with Crippen LogP contribution < -0.4 is 9.64 Å². The van der Waals surface area contributed by atoms with E-state index in [9.17, 15) is 5.11 Å². The molecule has 1 aromatic heterocycles. The summed E-state index contributed by atoms with van der Waals surface area (Å²) in [6, 6.07) is 8.07. The van der Waals surface area contributed by atoms with E-state index in [4.69, 9.17) is 4.74 Å². The number of benzene rings is 1. The number of ether oxygens (including phenoxy) is 1. The Hall–Kier alpha value is -1.81. The summed E-state index contributed by atoms with van der Waals surface area (Å²) in [6.07, 6.45) is 2.44. The van der Waals surface area contributed by atoms with Gasteiger partial charge in [0.15, 0.2) is 0 Å². The van der Waals surface area contributed by atoms with Crippen LogP contribution in [0.1, 0.15) is 13.3 Å². The number of fused-ring (bicyclic) bond motifs is 1. The van der Waals surface area contributed by atoms with E-state index in [0.29, 0.717) is 0 Å². The number of pyridine rings is 1. The quantitative estimate of drug-likeness (QED) is 0.912. The molecule has 1 N–H and O–H groups in total. The smallest absolute Gasteiger partial charge is 0.136 e. The highest BCUT2D eigenvalue weighted by Gasteiger charge is 2.25. The number of rotatable bonds is 2. The standard InChI is InChI=1S/C16H20N2O2/c1-11-10-18(8-6-15(11)19)16-14-9-13(20-2)4-3-12(14)5-7-17-16/h3-5,7,9,11,15,19H,6,8,10H2,1-2H3. The molecule has 1 aromatic carbocycles. The van der Waals surface area contributed by atoms with Gasteiger partial charge in [-0.3, -0.25) is 0 Å². The number of aromatic nitrogens is 1. The number of nitrogens with zero attached hydrogens (tertiary/aromatic N) is 2. The third kappa shape index (κ3) is 2.31. The number of aliphatic hydroxyl groups is 1. The minimum absolute atomic E-state index is 0.198. The van der Waals surface area contributed by atoms with Crippen LogP contribution in [0, 0.1) is 5.92 Å². The summed E-state index contributed by atoms with van der Waals surface area (Å²) in [4.78, 5) is 6.82. The Morgan fingerprint density at radius 2 is 2.20 bits per heavy atom. The van der Waals surface area contributed by atoms with Gasteiger partial charge in [0.25, 0.3) is 0 Å². The summed E-state index contributed by atoms with van der Waals surface area (Å²) in [5.74, 6) is 2.10. The van der Waals surface area contributed by atoms with Crippen LogP contribution in [0.4, 0.5) is 5.82 Å². The van der Waals surface area contributed by atoms with Crippen molar-refractivity contribution in [3.8, 4) is 5.75 Å². The zero-order valence-corrected chi connectivity index (χ0v) is 11.9. The van der Waals surface area contributed by atoms with Gasteiger partial charge in [0, 0.05) is 24.7 Å². The molecule has 2 aromatic rings. The largest absolute Gasteiger partial charge is 0.497 e. The van der Waals surface area contributed by atoms with Crippen molar-refractivity contribution >= 4 is 16.6 Å². The maximum Gasteiger partial charge on any atom is 0.136 e. The molecular formula is C16H20N2O2. The van der Waals surface area contributed by atoms with E-state index in [1.54, 1.807) is 7.11 Å². The molecule has 0 radical (unpaired) electrons. The van der Waals surface area contributed by atoms with Crippen LogP contribution in [0.3, 0.4) is 0 Å². The second-order valence-electron chi connectivity index (χ2n) is 5.50. The molecule has 2 atom stereocenters. The summed E-state index contributed by atoms with van der Waals surface area (Å²) in [5, 5.41) is 12.1. The van der Waals surface area contributed by atoms with E-state index in [-0.39, 0.29) is 12.0 Å². The zero-order chi connectivity index (χ0) is 14.1. The van der Waals surface area contributed by atoms with Crippen LogP contribution >= 0.6 is 0 Å². The van der Waals surface area contributed by atoms with Crippen molar-refractivity contribution in [1.29, 1.82) is 0 Å². The minimum atomic E-state index is -0.198. The van der Waals surface area contributed by atoms with Crippen molar-refractivity contribution in [1.82, 2.24) is 4.98 Å². The van der Waals surface area contributed by atoms with Gasteiger partial charge in [-0.1, -0.05) is 13.0 Å². The summed E-state index contributed by atoms with van der Waals surface area (Å²) in [7, 11) is 1.68. The SMILES string of the molecule is COc1ccc2ccnc(N3CCC(O)C(C)C3)c2c1. The molecular weight excluding hydrogens is 252 g/mol. The molecule has 3 rings (SSSR count). The monoisotopic (exact) mass is 272 g/mol. The lowest BCUT2D eigenvalue weighted by Crippen LogP contribution is -2.42. The molecule has 106 valence electrons. The molecule has 1 saturated heterocycles. The number of hydrogen-bond acceptors (Lipinski definition) is 4. The number of anilines is 1. The summed E-state index contributed by atoms with van der Waals surface area (Å²) < 4.78 is 5.32. The number of aliphatic hydroxyl groups excluding tert-OH is 1. The van der Waals surface area contributed by atoms with Crippen LogP contribution in [0.25, 0.3) is 10.8 Å². The van der Waals surface area contributed by atoms with E-state index in [0.717, 1.165) is 41.9 Å². The van der Waals surface area contributed by atoms with E-state index in [1.165, 1.54) is 0 Å². The topological polar surface area (TPSA) is 45.6 Å². The molecule has 1 aliphatic heterocycles. The number of piperidine rings is 1. The van der Waals surface area contributed by atoms with Gasteiger partial charge in [-0.25, -0.2) is 4.98 Å². The lowest BCUT2D eigenvalue weighted by Gasteiger charge is -2.35. The van der Waals surface area contributed by atoms with E-state index < -0.39 is 0 Å². The summed E-state index contributed by atoms with van der Waals surface area (Å²) >= 11 is 0. The van der Waals surface area contributed by atoms with Gasteiger partial charge in [-0.2, -0.15) is 0 Å². The Bertz CT molecular complexity index is 614. The normalized spacial score (nSPS) is 23.1. The average molecular weight is 272 g/mol. The van der Waals surface area contributed by atoms with Crippen LogP contribution in [-0.2, 0) is 0 Å². The molecule has 1 aliphatic rings. The molecule has 4 nitrogen and oxygen atoms in total. The van der Waals surface area contributed by atoms with Gasteiger partial charge in [0.2, 0.25) is 0 Å². The Balaban J connectivity index is 2.02. The van der Waals surface area contributed by atoms with Crippen LogP contribution in [-0.4, -0.2) is 36.4 Å². The summed E-state index contributed by atoms with van der Waals surface area (Å²) in [6.45, 7) is 3.77. The predicted molar refractivity (Wildman–Crippen MR) is 80.3 cm³/mol. The molecule has 4 heteroatoms. The first-order valence-electron chi connectivity index (χ1n) is 7.05. The first-order valence-corrected chi connectivity index (χ1v) is 7.05. The van der Waals surface area contributed by atoms with Crippen molar-refractivity contribution in [3.05, 3.63) is 30.5 Å². The summed E-state index contributed by atoms with van der Waals surface area (Å²) in [5.41, 5.74) is 0. The molecule has 2 unspecified atom stereocenters. The third-order valence-electron chi connectivity index (χ3n) is 4.11. The Morgan fingerprint density at radius 1 is 1.35 bits per heavy atom. The first-order chi connectivity index (χ1) is 9.69. The fourth-order valence-corrected chi connectivity index (χ4v) is 2.84. The molecule has 0 aliphatic carbocycles. The zero-order valence-electron chi connectivity index (χ0n) is 11.9. The van der Waals surface area contributed by atoms with Crippen LogP contribution in [0.2, 0.25) is 0 Å². The first kappa shape index (κ1) is 13.2. The van der Waals surface area contributed by atoms with Gasteiger partial charge in [-0.15, -0.1) is 0 Å². The van der Waals surface area contributed by atoms with Gasteiger partial charge in [-0.05, 0) is 35.9 Å². The van der Waals surface area contributed by atoms with Crippen LogP contribution in [0.15, 0.2) is 30.5 Å². The van der Waals surface area contributed by atoms with Gasteiger partial charge < -0.3 is 14.7 Å². The highest BCUT2D eigenvalue weighted by atomic mass is 16.5. The Kier molecular flexibility index (Phi) is 3.49. The molecule has 0 amide bonds. The molecule has 2 heterocycles. The molecule has 1 fully saturated rings. The van der Waals surface area contributed by atoms with E-state index >= 15 is 0 Å². The Labute approximate surface area is 119 Å². The van der Waals surface area contributed by atoms with E-state index in [1.807, 2.05) is 24.4 Å². The number of hydrogen-bond donors (Lipinski definition) is 1. The molecule has 0 spiro atoms. The van der Waals surface area contributed by atoms with Gasteiger partial charge in [0.05, 0.1) is 13.2 Å². The van der Waals surface area contributed by atoms with E-state index in [2.05, 4.69) is 22.9 Å². The van der Waals surface area contributed by atoms with Crippen molar-refractivity contribution in [2.75, 3.05) is 25.1 Å². The molecule has 0 saturated carbocycles. The van der Waals surface area contributed by atoms with Crippen molar-refractivity contribution in [2.45, 2.75) is 19.4 Å². The van der Waals surface area contributed by atoms with Crippen molar-refractivity contribution < 1.29 is 9.84 Å².